The Morgan fingerprint density at radius 3 is 2.34 bits per heavy atom. The third-order valence-corrected chi connectivity index (χ3v) is 12.8. The molecule has 9 nitrogen and oxygen atoms in total. The smallest absolute Gasteiger partial charge is 0.260 e. The van der Waals surface area contributed by atoms with Crippen molar-refractivity contribution in [3.63, 3.8) is 0 Å². The number of hydrogen-bond donors (Lipinski definition) is 2. The van der Waals surface area contributed by atoms with Gasteiger partial charge >= 0.3 is 0 Å². The molecule has 0 unspecified atom stereocenters. The molecule has 9 rings (SSSR count). The van der Waals surface area contributed by atoms with E-state index < -0.39 is 46.8 Å². The Labute approximate surface area is 332 Å². The molecule has 3 fully saturated rings. The maximum absolute atomic E-state index is 15.6. The fourth-order valence-electron chi connectivity index (χ4n) is 9.76. The molecule has 6 atom stereocenters. The molecule has 280 valence electrons. The predicted molar refractivity (Wildman–Crippen MR) is 215 cm³/mol. The summed E-state index contributed by atoms with van der Waals surface area (Å²) in [6.07, 6.45) is 3.98. The summed E-state index contributed by atoms with van der Waals surface area (Å²) in [6, 6.07) is 29.8. The second-order valence-electron chi connectivity index (χ2n) is 14.7. The molecule has 56 heavy (non-hydrogen) atoms. The van der Waals surface area contributed by atoms with Gasteiger partial charge in [0, 0.05) is 16.5 Å². The van der Waals surface area contributed by atoms with Crippen molar-refractivity contribution in [2.45, 2.75) is 24.2 Å². The number of carbonyl (C=O) groups excluding carboxylic acids is 4. The van der Waals surface area contributed by atoms with Gasteiger partial charge in [0.15, 0.2) is 0 Å². The second kappa shape index (κ2) is 13.4. The van der Waals surface area contributed by atoms with E-state index in [1.165, 1.54) is 11.0 Å². The van der Waals surface area contributed by atoms with Gasteiger partial charge in [-0.3, -0.25) is 29.5 Å². The number of rotatable bonds is 7. The number of benzene rings is 5. The van der Waals surface area contributed by atoms with Crippen LogP contribution in [-0.2, 0) is 24.6 Å². The average molecular weight is 785 g/mol. The molecule has 4 aliphatic rings. The van der Waals surface area contributed by atoms with Gasteiger partial charge in [-0.2, -0.15) is 5.01 Å². The molecule has 0 aromatic heterocycles. The molecule has 5 aromatic rings. The van der Waals surface area contributed by atoms with Gasteiger partial charge in [-0.05, 0) is 89.2 Å². The van der Waals surface area contributed by atoms with E-state index in [2.05, 4.69) is 12.0 Å². The van der Waals surface area contributed by atoms with Gasteiger partial charge in [-0.25, -0.2) is 0 Å². The highest BCUT2D eigenvalue weighted by Crippen LogP contribution is 2.65. The summed E-state index contributed by atoms with van der Waals surface area (Å²) >= 11 is 12.8. The number of nitrogens with zero attached hydrogens (tertiary/aromatic N) is 2. The van der Waals surface area contributed by atoms with Gasteiger partial charge in [0.1, 0.15) is 11.5 Å². The van der Waals surface area contributed by atoms with Crippen molar-refractivity contribution in [3.8, 4) is 11.5 Å². The Balaban J connectivity index is 1.28. The largest absolute Gasteiger partial charge is 0.508 e. The molecule has 1 saturated carbocycles. The van der Waals surface area contributed by atoms with E-state index in [1.807, 2.05) is 36.4 Å². The molecule has 5 aromatic carbocycles. The minimum atomic E-state index is -1.63. The van der Waals surface area contributed by atoms with E-state index >= 15 is 9.59 Å². The van der Waals surface area contributed by atoms with Crippen LogP contribution in [0.4, 0.5) is 11.4 Å². The van der Waals surface area contributed by atoms with Gasteiger partial charge in [0.25, 0.3) is 11.8 Å². The zero-order valence-corrected chi connectivity index (χ0v) is 31.6. The lowest BCUT2D eigenvalue weighted by molar-refractivity contribution is -0.138. The zero-order chi connectivity index (χ0) is 39.0. The fourth-order valence-corrected chi connectivity index (χ4v) is 10.2. The van der Waals surface area contributed by atoms with Crippen LogP contribution in [0.3, 0.4) is 0 Å². The molecule has 11 heteroatoms. The number of anilines is 2. The van der Waals surface area contributed by atoms with Crippen LogP contribution in [0.5, 0.6) is 11.5 Å². The molecule has 2 aliphatic heterocycles. The van der Waals surface area contributed by atoms with E-state index in [0.717, 1.165) is 21.5 Å². The molecular weight excluding hydrogens is 749 g/mol. The van der Waals surface area contributed by atoms with Gasteiger partial charge in [0.05, 0.1) is 46.7 Å². The molecule has 4 amide bonds. The lowest BCUT2D eigenvalue weighted by Gasteiger charge is -2.51. The van der Waals surface area contributed by atoms with Crippen LogP contribution in [0.15, 0.2) is 121 Å². The van der Waals surface area contributed by atoms with Gasteiger partial charge in [0.2, 0.25) is 11.8 Å². The number of halogens is 2. The van der Waals surface area contributed by atoms with Crippen molar-refractivity contribution < 1.29 is 29.0 Å². The highest BCUT2D eigenvalue weighted by molar-refractivity contribution is 6.36. The Morgan fingerprint density at radius 2 is 1.62 bits per heavy atom. The van der Waals surface area contributed by atoms with Crippen LogP contribution >= 0.6 is 23.2 Å². The third kappa shape index (κ3) is 5.14. The maximum Gasteiger partial charge on any atom is 0.260 e. The van der Waals surface area contributed by atoms with Crippen molar-refractivity contribution in [3.05, 3.63) is 148 Å². The van der Waals surface area contributed by atoms with Crippen LogP contribution < -0.4 is 15.1 Å². The van der Waals surface area contributed by atoms with E-state index in [1.54, 1.807) is 79.9 Å². The number of hydrogen-bond acceptors (Lipinski definition) is 7. The van der Waals surface area contributed by atoms with E-state index in [-0.39, 0.29) is 41.1 Å². The van der Waals surface area contributed by atoms with Crippen LogP contribution in [0.1, 0.15) is 35.4 Å². The number of fused-ring (bicyclic) bond motifs is 5. The van der Waals surface area contributed by atoms with Crippen molar-refractivity contribution in [1.29, 1.82) is 0 Å². The monoisotopic (exact) mass is 783 g/mol. The number of allylic oxidation sites excluding steroid dienone is 2. The summed E-state index contributed by atoms with van der Waals surface area (Å²) in [5.74, 6) is -5.38. The topological polar surface area (TPSA) is 116 Å². The summed E-state index contributed by atoms with van der Waals surface area (Å²) in [5, 5.41) is 15.1. The summed E-state index contributed by atoms with van der Waals surface area (Å²) < 4.78 is 5.51. The Kier molecular flexibility index (Phi) is 8.56. The molecule has 2 aliphatic carbocycles. The van der Waals surface area contributed by atoms with Gasteiger partial charge < -0.3 is 9.84 Å². The summed E-state index contributed by atoms with van der Waals surface area (Å²) in [4.78, 5) is 60.9. The second-order valence-corrected chi connectivity index (χ2v) is 15.6. The van der Waals surface area contributed by atoms with Crippen LogP contribution in [0.2, 0.25) is 10.0 Å². The van der Waals surface area contributed by atoms with E-state index in [4.69, 9.17) is 27.9 Å². The number of ether oxygens (including phenoxy) is 1. The van der Waals surface area contributed by atoms with Gasteiger partial charge in [-0.15, -0.1) is 0 Å². The lowest BCUT2D eigenvalue weighted by Crippen LogP contribution is -2.53. The number of aromatic hydroxyl groups is 1. The number of carbonyl (C=O) groups is 4. The molecule has 0 spiro atoms. The minimum absolute atomic E-state index is 0.0610. The number of methoxy groups -OCH3 is 1. The Bertz CT molecular complexity index is 2540. The quantitative estimate of drug-likeness (QED) is 0.125. The SMILES string of the molecule is C=Cc1ccc(N2C(=O)[C@H]3[C@H](CC=C4[C@H]3C[C@H]3C(=O)N(Nc5ccc(Cl)cc5Cl)C(=O)[C@@]3(c3ccc(OC)cc3)[C@H]4c3c(O)ccc4ccccc34)C2=O)cc1. The van der Waals surface area contributed by atoms with Crippen LogP contribution in [0, 0.1) is 23.7 Å². The van der Waals surface area contributed by atoms with E-state index in [0.29, 0.717) is 33.0 Å². The average Bonchev–Trinajstić information content (AvgIpc) is 3.59. The van der Waals surface area contributed by atoms with Crippen LogP contribution in [0.25, 0.3) is 16.8 Å². The first kappa shape index (κ1) is 35.8. The number of phenolic OH excluding ortho intramolecular Hbond substituents is 1. The lowest BCUT2D eigenvalue weighted by atomic mass is 9.48. The Morgan fingerprint density at radius 1 is 0.875 bits per heavy atom. The summed E-state index contributed by atoms with van der Waals surface area (Å²) in [7, 11) is 1.55. The highest BCUT2D eigenvalue weighted by atomic mass is 35.5. The van der Waals surface area contributed by atoms with E-state index in [9.17, 15) is 14.7 Å². The number of phenols is 1. The third-order valence-electron chi connectivity index (χ3n) is 12.2. The van der Waals surface area contributed by atoms with Crippen molar-refractivity contribution in [2.75, 3.05) is 17.4 Å². The maximum atomic E-state index is 15.6. The Hall–Kier alpha value is -5.90. The number of hydrazine groups is 1. The van der Waals surface area contributed by atoms with Crippen molar-refractivity contribution in [2.24, 2.45) is 23.7 Å². The fraction of sp³-hybridized carbons (Fsp3) is 0.200. The summed E-state index contributed by atoms with van der Waals surface area (Å²) in [5.41, 5.74) is 4.69. The molecular formula is C45H35Cl2N3O6. The normalized spacial score (nSPS) is 25.5. The first-order chi connectivity index (χ1) is 27.1. The molecule has 0 radical (unpaired) electrons. The molecule has 2 heterocycles. The number of nitrogens with one attached hydrogen (secondary N) is 1. The predicted octanol–water partition coefficient (Wildman–Crippen LogP) is 8.69. The first-order valence-electron chi connectivity index (χ1n) is 18.3. The minimum Gasteiger partial charge on any atom is -0.508 e. The summed E-state index contributed by atoms with van der Waals surface area (Å²) in [6.45, 7) is 3.81. The first-order valence-corrected chi connectivity index (χ1v) is 19.1. The number of imide groups is 2. The van der Waals surface area contributed by atoms with Crippen molar-refractivity contribution >= 4 is 75.1 Å². The highest BCUT2D eigenvalue weighted by Gasteiger charge is 2.71. The molecule has 2 saturated heterocycles. The standard InChI is InChI=1S/C45H35Cl2N3O6/c1-3-24-8-14-28(15-9-24)49-41(52)32-19-18-31-33(38(32)43(49)54)23-34-42(53)50(48-36-20-13-27(46)22-35(36)47)44(55)45(34,26-11-16-29(56-2)17-12-26)40(31)39-30-7-5-4-6-25(30)10-21-37(39)51/h3-18,20-22,32-34,38,40,48,51H,1,19,23H2,2H3/t32-,33+,34-,38-,40+,45+/m0/s1. The zero-order valence-electron chi connectivity index (χ0n) is 30.1. The van der Waals surface area contributed by atoms with Crippen molar-refractivity contribution in [1.82, 2.24) is 5.01 Å². The number of amides is 4. The van der Waals surface area contributed by atoms with Gasteiger partial charge in [-0.1, -0.05) is 102 Å². The van der Waals surface area contributed by atoms with Crippen LogP contribution in [-0.4, -0.2) is 40.9 Å². The molecule has 2 N–H and O–H groups in total. The molecule has 0 bridgehead atoms.